The molecule has 0 aliphatic carbocycles. The van der Waals surface area contributed by atoms with Gasteiger partial charge in [0.1, 0.15) is 10.9 Å². The van der Waals surface area contributed by atoms with Crippen LogP contribution in [0.4, 0.5) is 5.69 Å². The molecule has 0 aliphatic heterocycles. The molecule has 1 unspecified atom stereocenters. The first-order valence-corrected chi connectivity index (χ1v) is 6.28. The van der Waals surface area contributed by atoms with Crippen LogP contribution in [-0.4, -0.2) is 36.9 Å². The highest BCUT2D eigenvalue weighted by molar-refractivity contribution is 7.89. The van der Waals surface area contributed by atoms with Gasteiger partial charge in [-0.1, -0.05) is 12.1 Å². The van der Waals surface area contributed by atoms with Gasteiger partial charge in [0.25, 0.3) is 0 Å². The molecule has 3 N–H and O–H groups in total. The minimum absolute atomic E-state index is 0.0874. The van der Waals surface area contributed by atoms with Gasteiger partial charge in [0, 0.05) is 7.05 Å². The highest BCUT2D eigenvalue weighted by Crippen LogP contribution is 2.22. The van der Waals surface area contributed by atoms with E-state index >= 15 is 0 Å². The quantitative estimate of drug-likeness (QED) is 0.759. The van der Waals surface area contributed by atoms with Crippen LogP contribution in [0.5, 0.6) is 0 Å². The van der Waals surface area contributed by atoms with Gasteiger partial charge in [-0.3, -0.25) is 4.79 Å². The third-order valence-corrected chi connectivity index (χ3v) is 4.48. The number of carbonyl (C=O) groups is 1. The number of nitrogens with zero attached hydrogens (tertiary/aromatic N) is 1. The molecule has 6 nitrogen and oxygen atoms in total. The Hall–Kier alpha value is -1.60. The van der Waals surface area contributed by atoms with Crippen LogP contribution in [0.2, 0.25) is 0 Å². The van der Waals surface area contributed by atoms with Crippen molar-refractivity contribution in [2.45, 2.75) is 17.9 Å². The number of nitrogens with two attached hydrogens (primary N) is 1. The lowest BCUT2D eigenvalue weighted by atomic mass is 10.3. The number of nitrogen functional groups attached to an aromatic ring is 1. The molecule has 1 aromatic carbocycles. The van der Waals surface area contributed by atoms with Crippen LogP contribution in [0.1, 0.15) is 6.92 Å². The van der Waals surface area contributed by atoms with Crippen LogP contribution in [-0.2, 0) is 14.8 Å². The zero-order valence-electron chi connectivity index (χ0n) is 9.49. The number of benzene rings is 1. The zero-order valence-corrected chi connectivity index (χ0v) is 10.3. The van der Waals surface area contributed by atoms with Gasteiger partial charge >= 0.3 is 5.97 Å². The van der Waals surface area contributed by atoms with Gasteiger partial charge in [0.05, 0.1) is 5.69 Å². The highest BCUT2D eigenvalue weighted by atomic mass is 32.2. The molecule has 0 amide bonds. The maximum atomic E-state index is 12.1. The molecule has 1 rings (SSSR count). The van der Waals surface area contributed by atoms with Crippen molar-refractivity contribution in [2.24, 2.45) is 0 Å². The van der Waals surface area contributed by atoms with Gasteiger partial charge < -0.3 is 10.8 Å². The highest BCUT2D eigenvalue weighted by Gasteiger charge is 2.30. The number of sulfonamides is 1. The summed E-state index contributed by atoms with van der Waals surface area (Å²) in [6.45, 7) is 1.29. The number of hydrogen-bond donors (Lipinski definition) is 2. The van der Waals surface area contributed by atoms with Gasteiger partial charge in [-0.05, 0) is 19.1 Å². The number of likely N-dealkylation sites (N-methyl/N-ethyl adjacent to an activating group) is 1. The van der Waals surface area contributed by atoms with E-state index < -0.39 is 22.0 Å². The van der Waals surface area contributed by atoms with Gasteiger partial charge in [-0.2, -0.15) is 4.31 Å². The summed E-state index contributed by atoms with van der Waals surface area (Å²) in [6, 6.07) is 4.78. The first-order valence-electron chi connectivity index (χ1n) is 4.84. The molecule has 0 radical (unpaired) electrons. The Morgan fingerprint density at radius 3 is 2.41 bits per heavy atom. The predicted octanol–water partition coefficient (Wildman–Crippen LogP) is 0.362. The van der Waals surface area contributed by atoms with Crippen molar-refractivity contribution in [3.05, 3.63) is 24.3 Å². The summed E-state index contributed by atoms with van der Waals surface area (Å²) in [5, 5.41) is 8.79. The smallest absolute Gasteiger partial charge is 0.321 e. The minimum atomic E-state index is -3.89. The van der Waals surface area contributed by atoms with E-state index in [4.69, 9.17) is 10.8 Å². The fourth-order valence-corrected chi connectivity index (χ4v) is 2.67. The first-order chi connectivity index (χ1) is 7.78. The van der Waals surface area contributed by atoms with Crippen molar-refractivity contribution in [3.8, 4) is 0 Å². The molecular formula is C10H14N2O4S. The van der Waals surface area contributed by atoms with Gasteiger partial charge in [0.15, 0.2) is 0 Å². The average Bonchev–Trinajstić information content (AvgIpc) is 2.27. The number of carboxylic acid groups (broad SMARTS) is 1. The second-order valence-corrected chi connectivity index (χ2v) is 5.54. The van der Waals surface area contributed by atoms with E-state index in [-0.39, 0.29) is 10.6 Å². The fourth-order valence-electron chi connectivity index (χ4n) is 1.23. The largest absolute Gasteiger partial charge is 0.480 e. The molecule has 0 spiro atoms. The monoisotopic (exact) mass is 258 g/mol. The Morgan fingerprint density at radius 2 is 1.94 bits per heavy atom. The standard InChI is InChI=1S/C10H14N2O4S/c1-7(10(13)14)12(2)17(15,16)9-6-4-3-5-8(9)11/h3-7H,11H2,1-2H3,(H,13,14). The summed E-state index contributed by atoms with van der Waals surface area (Å²) >= 11 is 0. The van der Waals surface area contributed by atoms with Crippen LogP contribution < -0.4 is 5.73 Å². The molecule has 0 bridgehead atoms. The van der Waals surface area contributed by atoms with Crippen LogP contribution in [0.3, 0.4) is 0 Å². The maximum absolute atomic E-state index is 12.1. The summed E-state index contributed by atoms with van der Waals surface area (Å²) in [5.74, 6) is -1.22. The summed E-state index contributed by atoms with van der Waals surface area (Å²) < 4.78 is 24.9. The molecule has 0 heterocycles. The summed E-state index contributed by atoms with van der Waals surface area (Å²) in [4.78, 5) is 10.7. The minimum Gasteiger partial charge on any atom is -0.480 e. The number of anilines is 1. The third-order valence-electron chi connectivity index (χ3n) is 2.48. The average molecular weight is 258 g/mol. The van der Waals surface area contributed by atoms with Crippen molar-refractivity contribution >= 4 is 21.7 Å². The maximum Gasteiger partial charge on any atom is 0.321 e. The van der Waals surface area contributed by atoms with Crippen molar-refractivity contribution in [1.82, 2.24) is 4.31 Å². The van der Waals surface area contributed by atoms with Gasteiger partial charge in [-0.15, -0.1) is 0 Å². The Kier molecular flexibility index (Phi) is 3.74. The number of hydrogen-bond acceptors (Lipinski definition) is 4. The number of carboxylic acids is 1. The summed E-state index contributed by atoms with van der Waals surface area (Å²) in [7, 11) is -2.68. The predicted molar refractivity (Wildman–Crippen MR) is 62.9 cm³/mol. The van der Waals surface area contributed by atoms with Crippen LogP contribution in [0, 0.1) is 0 Å². The Morgan fingerprint density at radius 1 is 1.41 bits per heavy atom. The first kappa shape index (κ1) is 13.5. The van der Waals surface area contributed by atoms with E-state index in [9.17, 15) is 13.2 Å². The molecule has 0 aromatic heterocycles. The van der Waals surface area contributed by atoms with Crippen molar-refractivity contribution < 1.29 is 18.3 Å². The Labute approximate surface area is 99.7 Å². The van der Waals surface area contributed by atoms with E-state index in [2.05, 4.69) is 0 Å². The molecule has 0 saturated heterocycles. The molecule has 7 heteroatoms. The number of aliphatic carboxylic acids is 1. The molecule has 94 valence electrons. The van der Waals surface area contributed by atoms with Crippen LogP contribution >= 0.6 is 0 Å². The second-order valence-electron chi connectivity index (χ2n) is 3.57. The molecular weight excluding hydrogens is 244 g/mol. The number of para-hydroxylation sites is 1. The fraction of sp³-hybridized carbons (Fsp3) is 0.300. The van der Waals surface area contributed by atoms with Crippen molar-refractivity contribution in [3.63, 3.8) is 0 Å². The van der Waals surface area contributed by atoms with E-state index in [0.717, 1.165) is 4.31 Å². The van der Waals surface area contributed by atoms with Gasteiger partial charge in [0.2, 0.25) is 10.0 Å². The molecule has 0 saturated carbocycles. The number of rotatable bonds is 4. The van der Waals surface area contributed by atoms with Crippen molar-refractivity contribution in [2.75, 3.05) is 12.8 Å². The van der Waals surface area contributed by atoms with E-state index in [1.165, 1.54) is 32.2 Å². The van der Waals surface area contributed by atoms with Gasteiger partial charge in [-0.25, -0.2) is 8.42 Å². The molecule has 17 heavy (non-hydrogen) atoms. The zero-order chi connectivity index (χ0) is 13.2. The Bertz CT molecular complexity index is 527. The van der Waals surface area contributed by atoms with Crippen LogP contribution in [0.25, 0.3) is 0 Å². The van der Waals surface area contributed by atoms with E-state index in [0.29, 0.717) is 0 Å². The third kappa shape index (κ3) is 2.56. The summed E-state index contributed by atoms with van der Waals surface area (Å²) in [5.41, 5.74) is 5.66. The SMILES string of the molecule is CC(C(=O)O)N(C)S(=O)(=O)c1ccccc1N. The second kappa shape index (κ2) is 4.72. The normalized spacial score (nSPS) is 13.6. The molecule has 0 fully saturated rings. The van der Waals surface area contributed by atoms with E-state index in [1.54, 1.807) is 6.07 Å². The lowest BCUT2D eigenvalue weighted by Gasteiger charge is -2.21. The van der Waals surface area contributed by atoms with Crippen LogP contribution in [0.15, 0.2) is 29.2 Å². The summed E-state index contributed by atoms with van der Waals surface area (Å²) in [6.07, 6.45) is 0. The van der Waals surface area contributed by atoms with E-state index in [1.807, 2.05) is 0 Å². The van der Waals surface area contributed by atoms with Crippen molar-refractivity contribution in [1.29, 1.82) is 0 Å². The topological polar surface area (TPSA) is 101 Å². The lowest BCUT2D eigenvalue weighted by molar-refractivity contribution is -0.140. The molecule has 1 aromatic rings. The lowest BCUT2D eigenvalue weighted by Crippen LogP contribution is -2.40. The molecule has 0 aliphatic rings. The molecule has 1 atom stereocenters. The Balaban J connectivity index is 3.21.